The van der Waals surface area contributed by atoms with Gasteiger partial charge in [-0.3, -0.25) is 4.79 Å². The number of methoxy groups -OCH3 is 1. The summed E-state index contributed by atoms with van der Waals surface area (Å²) in [4.78, 5) is 11.9. The summed E-state index contributed by atoms with van der Waals surface area (Å²) in [5.41, 5.74) is 0.798. The summed E-state index contributed by atoms with van der Waals surface area (Å²) in [5.74, 6) is 4.19. The SMILES string of the molecule is CC[Si](C)(C)O[C@@H]1CC[C@@]2(C)[C@@H](C1)C[C@@H](O[Si](C)(C)CC)[C@@H]1[C@@H]2CC[C@]2(C)[C@@H]([C@H](C)CCC(=O)OC)CC[C@@H]12. The van der Waals surface area contributed by atoms with Crippen LogP contribution in [-0.4, -0.2) is 41.9 Å². The molecule has 226 valence electrons. The van der Waals surface area contributed by atoms with Gasteiger partial charge in [-0.25, -0.2) is 0 Å². The van der Waals surface area contributed by atoms with Gasteiger partial charge in [0, 0.05) is 18.6 Å². The molecule has 4 rings (SSSR count). The van der Waals surface area contributed by atoms with Gasteiger partial charge in [-0.2, -0.15) is 0 Å². The first-order valence-electron chi connectivity index (χ1n) is 16.6. The Kier molecular flexibility index (Phi) is 9.64. The molecule has 10 atom stereocenters. The van der Waals surface area contributed by atoms with Crippen LogP contribution in [0.5, 0.6) is 0 Å². The molecule has 4 saturated carbocycles. The van der Waals surface area contributed by atoms with E-state index in [1.807, 2.05) is 0 Å². The summed E-state index contributed by atoms with van der Waals surface area (Å²) in [5, 5.41) is 0. The summed E-state index contributed by atoms with van der Waals surface area (Å²) < 4.78 is 19.2. The molecule has 0 saturated heterocycles. The van der Waals surface area contributed by atoms with Crippen molar-refractivity contribution in [3.05, 3.63) is 0 Å². The first-order chi connectivity index (χ1) is 18.2. The molecule has 0 aromatic carbocycles. The lowest BCUT2D eigenvalue weighted by molar-refractivity contribution is -0.169. The van der Waals surface area contributed by atoms with Crippen LogP contribution >= 0.6 is 0 Å². The van der Waals surface area contributed by atoms with Crippen LogP contribution < -0.4 is 0 Å². The second kappa shape index (κ2) is 11.8. The maximum absolute atomic E-state index is 11.9. The zero-order chi connectivity index (χ0) is 28.8. The fraction of sp³-hybridized carbons (Fsp3) is 0.970. The second-order valence-corrected chi connectivity index (χ2v) is 24.9. The lowest BCUT2D eigenvalue weighted by Gasteiger charge is -2.64. The molecule has 4 aliphatic rings. The monoisotopic (exact) mass is 578 g/mol. The van der Waals surface area contributed by atoms with Gasteiger partial charge in [0.15, 0.2) is 16.6 Å². The van der Waals surface area contributed by atoms with Gasteiger partial charge in [0.2, 0.25) is 0 Å². The predicted octanol–water partition coefficient (Wildman–Crippen LogP) is 9.06. The van der Waals surface area contributed by atoms with E-state index in [2.05, 4.69) is 60.8 Å². The third kappa shape index (κ3) is 6.29. The molecule has 4 aliphatic carbocycles. The Labute approximate surface area is 243 Å². The molecule has 0 bridgehead atoms. The van der Waals surface area contributed by atoms with Crippen molar-refractivity contribution in [2.75, 3.05) is 7.11 Å². The van der Waals surface area contributed by atoms with E-state index in [4.69, 9.17) is 13.6 Å². The van der Waals surface area contributed by atoms with Crippen LogP contribution in [0.3, 0.4) is 0 Å². The van der Waals surface area contributed by atoms with Crippen LogP contribution in [0.15, 0.2) is 0 Å². The van der Waals surface area contributed by atoms with Crippen molar-refractivity contribution in [3.63, 3.8) is 0 Å². The summed E-state index contributed by atoms with van der Waals surface area (Å²) in [6, 6.07) is 2.40. The molecular weight excluding hydrogens is 517 g/mol. The molecule has 0 spiro atoms. The number of hydrogen-bond acceptors (Lipinski definition) is 4. The van der Waals surface area contributed by atoms with Gasteiger partial charge < -0.3 is 13.6 Å². The molecule has 0 aromatic rings. The molecule has 0 aliphatic heterocycles. The van der Waals surface area contributed by atoms with Crippen molar-refractivity contribution in [1.29, 1.82) is 0 Å². The van der Waals surface area contributed by atoms with E-state index in [1.54, 1.807) is 0 Å². The largest absolute Gasteiger partial charge is 0.469 e. The second-order valence-electron chi connectivity index (χ2n) is 15.9. The number of fused-ring (bicyclic) bond motifs is 5. The fourth-order valence-electron chi connectivity index (χ4n) is 10.0. The van der Waals surface area contributed by atoms with Crippen LogP contribution in [0.1, 0.15) is 98.8 Å². The van der Waals surface area contributed by atoms with Crippen LogP contribution in [0.4, 0.5) is 0 Å². The van der Waals surface area contributed by atoms with Gasteiger partial charge in [-0.1, -0.05) is 34.6 Å². The Morgan fingerprint density at radius 3 is 2.13 bits per heavy atom. The van der Waals surface area contributed by atoms with E-state index in [9.17, 15) is 4.79 Å². The van der Waals surface area contributed by atoms with Gasteiger partial charge in [-0.05, 0) is 142 Å². The Morgan fingerprint density at radius 1 is 0.872 bits per heavy atom. The average Bonchev–Trinajstić information content (AvgIpc) is 3.24. The third-order valence-electron chi connectivity index (χ3n) is 13.1. The summed E-state index contributed by atoms with van der Waals surface area (Å²) in [6.45, 7) is 22.1. The van der Waals surface area contributed by atoms with Gasteiger partial charge in [0.05, 0.1) is 7.11 Å². The molecular formula is C33H62O4Si2. The first kappa shape index (κ1) is 31.8. The molecule has 0 N–H and O–H groups in total. The minimum Gasteiger partial charge on any atom is -0.469 e. The molecule has 6 heteroatoms. The highest BCUT2D eigenvalue weighted by atomic mass is 28.4. The molecule has 4 nitrogen and oxygen atoms in total. The lowest BCUT2D eigenvalue weighted by atomic mass is 9.43. The predicted molar refractivity (Wildman–Crippen MR) is 167 cm³/mol. The first-order valence-corrected chi connectivity index (χ1v) is 22.8. The molecule has 0 radical (unpaired) electrons. The van der Waals surface area contributed by atoms with Crippen LogP contribution in [0, 0.1) is 46.3 Å². The van der Waals surface area contributed by atoms with E-state index < -0.39 is 16.6 Å². The Bertz CT molecular complexity index is 861. The van der Waals surface area contributed by atoms with Crippen LogP contribution in [0.25, 0.3) is 0 Å². The smallest absolute Gasteiger partial charge is 0.305 e. The van der Waals surface area contributed by atoms with E-state index >= 15 is 0 Å². The fourth-order valence-corrected chi connectivity index (χ4v) is 12.6. The van der Waals surface area contributed by atoms with Crippen molar-refractivity contribution in [1.82, 2.24) is 0 Å². The maximum atomic E-state index is 11.9. The highest BCUT2D eigenvalue weighted by Gasteiger charge is 2.63. The van der Waals surface area contributed by atoms with Gasteiger partial charge in [0.1, 0.15) is 0 Å². The van der Waals surface area contributed by atoms with E-state index in [1.165, 1.54) is 70.6 Å². The summed E-state index contributed by atoms with van der Waals surface area (Å²) >= 11 is 0. The van der Waals surface area contributed by atoms with Crippen LogP contribution in [-0.2, 0) is 18.4 Å². The third-order valence-corrected chi connectivity index (χ3v) is 18.4. The van der Waals surface area contributed by atoms with Gasteiger partial charge >= 0.3 is 5.97 Å². The molecule has 0 heterocycles. The van der Waals surface area contributed by atoms with E-state index in [0.29, 0.717) is 47.2 Å². The highest BCUT2D eigenvalue weighted by Crippen LogP contribution is 2.69. The Hall–Kier alpha value is -0.176. The molecule has 0 unspecified atom stereocenters. The van der Waals surface area contributed by atoms with Crippen molar-refractivity contribution >= 4 is 22.6 Å². The normalized spacial score (nSPS) is 41.3. The van der Waals surface area contributed by atoms with Gasteiger partial charge in [-0.15, -0.1) is 0 Å². The van der Waals surface area contributed by atoms with E-state index in [0.717, 1.165) is 24.2 Å². The number of ether oxygens (including phenoxy) is 1. The Morgan fingerprint density at radius 2 is 1.49 bits per heavy atom. The zero-order valence-electron chi connectivity index (χ0n) is 27.2. The molecule has 0 amide bonds. The van der Waals surface area contributed by atoms with Crippen molar-refractivity contribution in [2.45, 2.75) is 149 Å². The number of carbonyl (C=O) groups excluding carboxylic acids is 1. The van der Waals surface area contributed by atoms with Crippen LogP contribution in [0.2, 0.25) is 38.3 Å². The Balaban J connectivity index is 1.59. The van der Waals surface area contributed by atoms with E-state index in [-0.39, 0.29) is 5.97 Å². The van der Waals surface area contributed by atoms with Gasteiger partial charge in [0.25, 0.3) is 0 Å². The molecule has 0 aromatic heterocycles. The molecule has 4 fully saturated rings. The highest BCUT2D eigenvalue weighted by molar-refractivity contribution is 6.71. The zero-order valence-corrected chi connectivity index (χ0v) is 29.2. The maximum Gasteiger partial charge on any atom is 0.305 e. The number of rotatable bonds is 10. The molecule has 39 heavy (non-hydrogen) atoms. The quantitative estimate of drug-likeness (QED) is 0.192. The topological polar surface area (TPSA) is 44.8 Å². The number of hydrogen-bond donors (Lipinski definition) is 0. The number of carbonyl (C=O) groups is 1. The van der Waals surface area contributed by atoms with Crippen molar-refractivity contribution < 1.29 is 18.4 Å². The summed E-state index contributed by atoms with van der Waals surface area (Å²) in [6.07, 6.45) is 12.9. The van der Waals surface area contributed by atoms with Crippen molar-refractivity contribution in [3.8, 4) is 0 Å². The minimum absolute atomic E-state index is 0.0544. The standard InChI is InChI=1S/C33H62O4Si2/c1-11-38(7,8)36-25-17-19-32(4)24(21-25)22-29(37-39(9,10)12-2)31-27-15-14-26(23(3)13-16-30(34)35-6)33(27,5)20-18-28(31)32/h23-29,31H,11-22H2,1-10H3/t23-,24+,25-,26-,27+,28+,29-,31+,32+,33-/m1/s1. The summed E-state index contributed by atoms with van der Waals surface area (Å²) in [7, 11) is -1.73. The number of esters is 1. The minimum atomic E-state index is -1.70. The lowest BCUT2D eigenvalue weighted by Crippen LogP contribution is -2.60. The van der Waals surface area contributed by atoms with Crippen molar-refractivity contribution in [2.24, 2.45) is 46.3 Å². The average molecular weight is 579 g/mol.